The quantitative estimate of drug-likeness (QED) is 0.644. The standard InChI is InChI=1S/C17H16BrN3O3S/c1-11-4-9-16(24-3)15(10-11)21-12(2)17(19-20-21)25(22,23)14-7-5-13(18)6-8-14/h4-10H,1-3H3. The first-order chi connectivity index (χ1) is 11.8. The van der Waals surface area contributed by atoms with E-state index in [0.717, 1.165) is 10.0 Å². The summed E-state index contributed by atoms with van der Waals surface area (Å²) in [4.78, 5) is 0.169. The van der Waals surface area contributed by atoms with Crippen LogP contribution in [0.2, 0.25) is 0 Å². The van der Waals surface area contributed by atoms with Gasteiger partial charge in [-0.15, -0.1) is 5.10 Å². The van der Waals surface area contributed by atoms with Gasteiger partial charge in [0.15, 0.2) is 0 Å². The monoisotopic (exact) mass is 421 g/mol. The lowest BCUT2D eigenvalue weighted by Crippen LogP contribution is -2.06. The lowest BCUT2D eigenvalue weighted by molar-refractivity contribution is 0.411. The molecular formula is C17H16BrN3O3S. The summed E-state index contributed by atoms with van der Waals surface area (Å²) in [7, 11) is -2.20. The van der Waals surface area contributed by atoms with Gasteiger partial charge >= 0.3 is 0 Å². The molecule has 0 aliphatic carbocycles. The average Bonchev–Trinajstić information content (AvgIpc) is 2.97. The van der Waals surface area contributed by atoms with Gasteiger partial charge in [0.25, 0.3) is 0 Å². The Balaban J connectivity index is 2.14. The highest BCUT2D eigenvalue weighted by molar-refractivity contribution is 9.10. The summed E-state index contributed by atoms with van der Waals surface area (Å²) in [6.07, 6.45) is 0. The summed E-state index contributed by atoms with van der Waals surface area (Å²) in [6.45, 7) is 3.61. The average molecular weight is 422 g/mol. The summed E-state index contributed by atoms with van der Waals surface area (Å²) in [5.41, 5.74) is 2.07. The van der Waals surface area contributed by atoms with E-state index in [1.165, 1.54) is 16.8 Å². The number of methoxy groups -OCH3 is 1. The number of hydrogen-bond donors (Lipinski definition) is 0. The van der Waals surface area contributed by atoms with E-state index in [1.807, 2.05) is 25.1 Å². The van der Waals surface area contributed by atoms with Gasteiger partial charge in [-0.1, -0.05) is 27.2 Å². The van der Waals surface area contributed by atoms with Crippen LogP contribution >= 0.6 is 15.9 Å². The maximum absolute atomic E-state index is 12.9. The predicted molar refractivity (Wildman–Crippen MR) is 97.0 cm³/mol. The van der Waals surface area contributed by atoms with E-state index in [4.69, 9.17) is 4.74 Å². The van der Waals surface area contributed by atoms with Crippen LogP contribution in [0.15, 0.2) is 56.9 Å². The molecule has 0 unspecified atom stereocenters. The number of nitrogens with zero attached hydrogens (tertiary/aromatic N) is 3. The molecule has 0 radical (unpaired) electrons. The topological polar surface area (TPSA) is 74.1 Å². The van der Waals surface area contributed by atoms with E-state index in [1.54, 1.807) is 26.2 Å². The number of rotatable bonds is 4. The molecule has 2 aromatic carbocycles. The molecule has 0 atom stereocenters. The van der Waals surface area contributed by atoms with Crippen LogP contribution in [-0.4, -0.2) is 30.5 Å². The molecule has 1 heterocycles. The van der Waals surface area contributed by atoms with Crippen molar-refractivity contribution in [3.63, 3.8) is 0 Å². The van der Waals surface area contributed by atoms with Crippen LogP contribution in [0.4, 0.5) is 0 Å². The van der Waals surface area contributed by atoms with Crippen molar-refractivity contribution in [2.24, 2.45) is 0 Å². The van der Waals surface area contributed by atoms with E-state index in [9.17, 15) is 8.42 Å². The normalized spacial score (nSPS) is 11.5. The Morgan fingerprint density at radius 1 is 1.08 bits per heavy atom. The van der Waals surface area contributed by atoms with E-state index in [2.05, 4.69) is 26.2 Å². The molecule has 0 bridgehead atoms. The molecule has 1 aromatic heterocycles. The first-order valence-corrected chi connectivity index (χ1v) is 9.70. The van der Waals surface area contributed by atoms with Crippen LogP contribution in [0.1, 0.15) is 11.3 Å². The van der Waals surface area contributed by atoms with Gasteiger partial charge in [-0.3, -0.25) is 0 Å². The van der Waals surface area contributed by atoms with Crippen molar-refractivity contribution in [3.8, 4) is 11.4 Å². The van der Waals surface area contributed by atoms with Gasteiger partial charge in [-0.2, -0.15) is 0 Å². The fourth-order valence-electron chi connectivity index (χ4n) is 2.48. The molecule has 0 spiro atoms. The van der Waals surface area contributed by atoms with Crippen molar-refractivity contribution in [2.75, 3.05) is 7.11 Å². The summed E-state index contributed by atoms with van der Waals surface area (Å²) in [5.74, 6) is 0.589. The number of sulfone groups is 1. The molecule has 130 valence electrons. The highest BCUT2D eigenvalue weighted by Crippen LogP contribution is 2.28. The number of aromatic nitrogens is 3. The van der Waals surface area contributed by atoms with Crippen molar-refractivity contribution < 1.29 is 13.2 Å². The van der Waals surface area contributed by atoms with Crippen LogP contribution in [0, 0.1) is 13.8 Å². The summed E-state index contributed by atoms with van der Waals surface area (Å²) in [6, 6.07) is 12.0. The van der Waals surface area contributed by atoms with Gasteiger partial charge in [-0.05, 0) is 55.8 Å². The third-order valence-corrected chi connectivity index (χ3v) is 6.10. The Kier molecular flexibility index (Phi) is 4.66. The lowest BCUT2D eigenvalue weighted by atomic mass is 10.2. The molecule has 0 fully saturated rings. The van der Waals surface area contributed by atoms with Gasteiger partial charge in [0, 0.05) is 4.47 Å². The number of aryl methyl sites for hydroxylation is 1. The van der Waals surface area contributed by atoms with Crippen LogP contribution in [0.3, 0.4) is 0 Å². The van der Waals surface area contributed by atoms with Crippen molar-refractivity contribution in [1.29, 1.82) is 0 Å². The second-order valence-corrected chi connectivity index (χ2v) is 8.31. The molecule has 3 rings (SSSR count). The zero-order valence-corrected chi connectivity index (χ0v) is 16.3. The molecule has 25 heavy (non-hydrogen) atoms. The van der Waals surface area contributed by atoms with Crippen LogP contribution in [0.5, 0.6) is 5.75 Å². The van der Waals surface area contributed by atoms with E-state index in [-0.39, 0.29) is 9.92 Å². The number of ether oxygens (including phenoxy) is 1. The Morgan fingerprint density at radius 3 is 2.40 bits per heavy atom. The zero-order valence-electron chi connectivity index (χ0n) is 13.9. The highest BCUT2D eigenvalue weighted by atomic mass is 79.9. The minimum absolute atomic E-state index is 0.0709. The highest BCUT2D eigenvalue weighted by Gasteiger charge is 2.26. The summed E-state index contributed by atoms with van der Waals surface area (Å²) < 4.78 is 33.4. The largest absolute Gasteiger partial charge is 0.494 e. The Morgan fingerprint density at radius 2 is 1.76 bits per heavy atom. The fourth-order valence-corrected chi connectivity index (χ4v) is 4.08. The molecule has 0 amide bonds. The van der Waals surface area contributed by atoms with Gasteiger partial charge in [0.2, 0.25) is 14.9 Å². The first kappa shape index (κ1) is 17.6. The van der Waals surface area contributed by atoms with E-state index < -0.39 is 9.84 Å². The molecule has 0 saturated heterocycles. The molecular weight excluding hydrogens is 406 g/mol. The molecule has 0 aliphatic rings. The van der Waals surface area contributed by atoms with E-state index in [0.29, 0.717) is 17.1 Å². The first-order valence-electron chi connectivity index (χ1n) is 7.42. The third-order valence-electron chi connectivity index (χ3n) is 3.79. The van der Waals surface area contributed by atoms with E-state index >= 15 is 0 Å². The molecule has 3 aromatic rings. The number of hydrogen-bond acceptors (Lipinski definition) is 5. The zero-order chi connectivity index (χ0) is 18.2. The van der Waals surface area contributed by atoms with Crippen molar-refractivity contribution >= 4 is 25.8 Å². The minimum atomic E-state index is -3.76. The predicted octanol–water partition coefficient (Wildman–Crippen LogP) is 3.49. The van der Waals surface area contributed by atoms with Crippen LogP contribution in [-0.2, 0) is 9.84 Å². The molecule has 0 aliphatic heterocycles. The molecule has 8 heteroatoms. The number of benzene rings is 2. The van der Waals surface area contributed by atoms with Gasteiger partial charge in [0.1, 0.15) is 11.4 Å². The lowest BCUT2D eigenvalue weighted by Gasteiger charge is -2.10. The summed E-state index contributed by atoms with van der Waals surface area (Å²) >= 11 is 3.30. The van der Waals surface area contributed by atoms with Gasteiger partial charge < -0.3 is 4.74 Å². The van der Waals surface area contributed by atoms with Gasteiger partial charge in [0.05, 0.1) is 17.7 Å². The second-order valence-electron chi connectivity index (χ2n) is 5.52. The third kappa shape index (κ3) is 3.19. The molecule has 0 N–H and O–H groups in total. The Hall–Kier alpha value is -2.19. The Bertz CT molecular complexity index is 1030. The van der Waals surface area contributed by atoms with Crippen LogP contribution < -0.4 is 4.74 Å². The minimum Gasteiger partial charge on any atom is -0.494 e. The van der Waals surface area contributed by atoms with Crippen molar-refractivity contribution in [2.45, 2.75) is 23.8 Å². The van der Waals surface area contributed by atoms with Crippen molar-refractivity contribution in [3.05, 3.63) is 58.2 Å². The SMILES string of the molecule is COc1ccc(C)cc1-n1nnc(S(=O)(=O)c2ccc(Br)cc2)c1C. The maximum atomic E-state index is 12.9. The Labute approximate surface area is 154 Å². The maximum Gasteiger partial charge on any atom is 0.227 e. The fraction of sp³-hybridized carbons (Fsp3) is 0.176. The second kappa shape index (κ2) is 6.61. The van der Waals surface area contributed by atoms with Crippen LogP contribution in [0.25, 0.3) is 5.69 Å². The smallest absolute Gasteiger partial charge is 0.227 e. The number of halogens is 1. The summed E-state index contributed by atoms with van der Waals surface area (Å²) in [5, 5.41) is 7.90. The molecule has 6 nitrogen and oxygen atoms in total. The van der Waals surface area contributed by atoms with Crippen molar-refractivity contribution in [1.82, 2.24) is 15.0 Å². The van der Waals surface area contributed by atoms with Gasteiger partial charge in [-0.25, -0.2) is 13.1 Å². The molecule has 0 saturated carbocycles.